The van der Waals surface area contributed by atoms with E-state index in [0.29, 0.717) is 22.9 Å². The molecule has 1 saturated carbocycles. The van der Waals surface area contributed by atoms with Gasteiger partial charge in [-0.25, -0.2) is 14.4 Å². The molecule has 0 unspecified atom stereocenters. The Bertz CT molecular complexity index is 1050. The van der Waals surface area contributed by atoms with Crippen molar-refractivity contribution in [1.82, 2.24) is 20.3 Å². The minimum Gasteiger partial charge on any atom is -0.467 e. The minimum atomic E-state index is -0.274. The quantitative estimate of drug-likeness (QED) is 0.625. The molecule has 0 bridgehead atoms. The third-order valence-corrected chi connectivity index (χ3v) is 6.37. The van der Waals surface area contributed by atoms with E-state index in [0.717, 1.165) is 37.5 Å². The molecule has 1 aliphatic rings. The molecule has 6 nitrogen and oxygen atoms in total. The summed E-state index contributed by atoms with van der Waals surface area (Å²) in [4.78, 5) is 24.9. The zero-order valence-corrected chi connectivity index (χ0v) is 17.8. The van der Waals surface area contributed by atoms with Crippen LogP contribution in [0.5, 0.6) is 6.01 Å². The predicted octanol–water partition coefficient (Wildman–Crippen LogP) is 4.65. The fourth-order valence-electron chi connectivity index (χ4n) is 4.69. The second-order valence-corrected chi connectivity index (χ2v) is 8.09. The third kappa shape index (κ3) is 4.50. The smallest absolute Gasteiger partial charge is 0.316 e. The molecule has 2 aromatic heterocycles. The summed E-state index contributed by atoms with van der Waals surface area (Å²) in [6.07, 6.45) is 9.59. The molecule has 7 heteroatoms. The maximum atomic E-state index is 14.1. The number of carbonyl (C=O) groups excluding carboxylic acids is 1. The summed E-state index contributed by atoms with van der Waals surface area (Å²) in [6, 6.07) is 7.53. The Kier molecular flexibility index (Phi) is 6.39. The van der Waals surface area contributed by atoms with Crippen molar-refractivity contribution in [3.63, 3.8) is 0 Å². The summed E-state index contributed by atoms with van der Waals surface area (Å²) in [5.74, 6) is 0.359. The van der Waals surface area contributed by atoms with Crippen LogP contribution >= 0.6 is 0 Å². The van der Waals surface area contributed by atoms with Gasteiger partial charge in [-0.2, -0.15) is 0 Å². The van der Waals surface area contributed by atoms with Crippen molar-refractivity contribution >= 4 is 16.8 Å². The van der Waals surface area contributed by atoms with Crippen molar-refractivity contribution in [2.24, 2.45) is 5.92 Å². The lowest BCUT2D eigenvalue weighted by molar-refractivity contribution is 0.0908. The van der Waals surface area contributed by atoms with E-state index in [2.05, 4.69) is 27.2 Å². The first-order valence-corrected chi connectivity index (χ1v) is 10.8. The highest BCUT2D eigenvalue weighted by Gasteiger charge is 2.29. The third-order valence-electron chi connectivity index (χ3n) is 6.37. The number of methoxy groups -OCH3 is 1. The number of hydrogen-bond donors (Lipinski definition) is 1. The first-order chi connectivity index (χ1) is 15.1. The van der Waals surface area contributed by atoms with Crippen molar-refractivity contribution in [2.45, 2.75) is 51.0 Å². The number of rotatable bonds is 6. The molecule has 2 heterocycles. The van der Waals surface area contributed by atoms with Gasteiger partial charge in [0.1, 0.15) is 11.3 Å². The van der Waals surface area contributed by atoms with Gasteiger partial charge in [0, 0.05) is 30.0 Å². The molecular weight excluding hydrogens is 395 g/mol. The van der Waals surface area contributed by atoms with E-state index < -0.39 is 0 Å². The lowest BCUT2D eigenvalue weighted by Gasteiger charge is -2.34. The van der Waals surface area contributed by atoms with Crippen LogP contribution in [0.3, 0.4) is 0 Å². The number of ether oxygens (including phenoxy) is 1. The van der Waals surface area contributed by atoms with Gasteiger partial charge < -0.3 is 10.1 Å². The van der Waals surface area contributed by atoms with Crippen molar-refractivity contribution in [3.8, 4) is 6.01 Å². The Morgan fingerprint density at radius 1 is 1.16 bits per heavy atom. The second kappa shape index (κ2) is 9.37. The van der Waals surface area contributed by atoms with E-state index in [9.17, 15) is 9.18 Å². The average Bonchev–Trinajstić information content (AvgIpc) is 2.82. The standard InChI is InChI=1S/C24H27FN4O2/c1-3-21(29-23(30)17-13-27-24(31-2)28-14-17)16-9-7-15(8-10-16)18-11-12-26-22-19(18)5-4-6-20(22)25/h4-6,11-16,21H,3,7-10H2,1-2H3,(H,29,30)/t15-,16+,21-/m0/s1. The van der Waals surface area contributed by atoms with Gasteiger partial charge >= 0.3 is 6.01 Å². The van der Waals surface area contributed by atoms with E-state index >= 15 is 0 Å². The number of halogens is 1. The van der Waals surface area contributed by atoms with E-state index in [4.69, 9.17) is 4.74 Å². The van der Waals surface area contributed by atoms with Gasteiger partial charge in [0.2, 0.25) is 0 Å². The molecule has 4 rings (SSSR count). The maximum absolute atomic E-state index is 14.1. The van der Waals surface area contributed by atoms with Crippen LogP contribution in [0.15, 0.2) is 42.9 Å². The minimum absolute atomic E-state index is 0.0992. The zero-order valence-electron chi connectivity index (χ0n) is 17.8. The van der Waals surface area contributed by atoms with Crippen molar-refractivity contribution in [1.29, 1.82) is 0 Å². The molecule has 31 heavy (non-hydrogen) atoms. The van der Waals surface area contributed by atoms with E-state index in [-0.39, 0.29) is 23.8 Å². The number of carbonyl (C=O) groups is 1. The van der Waals surface area contributed by atoms with Gasteiger partial charge in [0.05, 0.1) is 12.7 Å². The predicted molar refractivity (Wildman–Crippen MR) is 117 cm³/mol. The summed E-state index contributed by atoms with van der Waals surface area (Å²) in [7, 11) is 1.49. The monoisotopic (exact) mass is 422 g/mol. The van der Waals surface area contributed by atoms with E-state index in [1.54, 1.807) is 12.3 Å². The summed E-state index contributed by atoms with van der Waals surface area (Å²) >= 11 is 0. The van der Waals surface area contributed by atoms with Crippen LogP contribution in [0.25, 0.3) is 10.9 Å². The first kappa shape index (κ1) is 21.2. The number of amides is 1. The Balaban J connectivity index is 1.41. The van der Waals surface area contributed by atoms with Gasteiger partial charge in [0.15, 0.2) is 0 Å². The van der Waals surface area contributed by atoms with Gasteiger partial charge in [-0.15, -0.1) is 0 Å². The fraction of sp³-hybridized carbons (Fsp3) is 0.417. The van der Waals surface area contributed by atoms with Crippen LogP contribution in [0.1, 0.15) is 60.9 Å². The Hall–Kier alpha value is -3.09. The fourth-order valence-corrected chi connectivity index (χ4v) is 4.69. The number of para-hydroxylation sites is 1. The number of nitrogens with zero attached hydrogens (tertiary/aromatic N) is 3. The van der Waals surface area contributed by atoms with Crippen LogP contribution in [-0.4, -0.2) is 34.0 Å². The molecule has 0 spiro atoms. The highest BCUT2D eigenvalue weighted by atomic mass is 19.1. The van der Waals surface area contributed by atoms with E-state index in [1.807, 2.05) is 12.1 Å². The Morgan fingerprint density at radius 2 is 1.90 bits per heavy atom. The number of fused-ring (bicyclic) bond motifs is 1. The lowest BCUT2D eigenvalue weighted by atomic mass is 9.75. The maximum Gasteiger partial charge on any atom is 0.316 e. The van der Waals surface area contributed by atoms with Gasteiger partial charge in [0.25, 0.3) is 5.91 Å². The largest absolute Gasteiger partial charge is 0.467 e. The number of benzene rings is 1. The van der Waals surface area contributed by atoms with Gasteiger partial charge in [-0.1, -0.05) is 19.1 Å². The van der Waals surface area contributed by atoms with Crippen LogP contribution in [0.2, 0.25) is 0 Å². The van der Waals surface area contributed by atoms with Crippen molar-refractivity contribution < 1.29 is 13.9 Å². The highest BCUT2D eigenvalue weighted by Crippen LogP contribution is 2.40. The molecule has 1 fully saturated rings. The molecule has 0 radical (unpaired) electrons. The molecule has 162 valence electrons. The number of pyridine rings is 1. The molecule has 1 N–H and O–H groups in total. The zero-order chi connectivity index (χ0) is 21.8. The molecule has 1 aliphatic carbocycles. The van der Waals surface area contributed by atoms with Crippen molar-refractivity contribution in [3.05, 3.63) is 59.8 Å². The highest BCUT2D eigenvalue weighted by molar-refractivity contribution is 5.93. The normalized spacial score (nSPS) is 19.7. The van der Waals surface area contributed by atoms with Gasteiger partial charge in [-0.3, -0.25) is 9.78 Å². The molecule has 1 amide bonds. The number of aromatic nitrogens is 3. The molecular formula is C24H27FN4O2. The van der Waals surface area contributed by atoms with Crippen molar-refractivity contribution in [2.75, 3.05) is 7.11 Å². The molecule has 3 aromatic rings. The number of nitrogens with one attached hydrogen (secondary N) is 1. The van der Waals surface area contributed by atoms with Crippen LogP contribution < -0.4 is 10.1 Å². The van der Waals surface area contributed by atoms with Crippen LogP contribution in [0.4, 0.5) is 4.39 Å². The average molecular weight is 423 g/mol. The van der Waals surface area contributed by atoms with E-state index in [1.165, 1.54) is 31.1 Å². The van der Waals surface area contributed by atoms with Crippen LogP contribution in [0, 0.1) is 11.7 Å². The lowest BCUT2D eigenvalue weighted by Crippen LogP contribution is -2.41. The Labute approximate surface area is 181 Å². The van der Waals surface area contributed by atoms with Gasteiger partial charge in [-0.05, 0) is 61.6 Å². The molecule has 1 aromatic carbocycles. The van der Waals surface area contributed by atoms with Crippen LogP contribution in [-0.2, 0) is 0 Å². The topological polar surface area (TPSA) is 77.0 Å². The Morgan fingerprint density at radius 3 is 2.58 bits per heavy atom. The molecule has 0 saturated heterocycles. The summed E-state index contributed by atoms with van der Waals surface area (Å²) in [5.41, 5.74) is 2.05. The molecule has 0 aliphatic heterocycles. The molecule has 1 atom stereocenters. The summed E-state index contributed by atoms with van der Waals surface area (Å²) < 4.78 is 19.1. The SMILES string of the molecule is CC[C@H](NC(=O)c1cnc(OC)nc1)[C@H]1CC[C@@H](c2ccnc3c(F)cccc32)CC1. The number of hydrogen-bond acceptors (Lipinski definition) is 5. The summed E-state index contributed by atoms with van der Waals surface area (Å²) in [6.45, 7) is 2.10. The summed E-state index contributed by atoms with van der Waals surface area (Å²) in [5, 5.41) is 4.07. The first-order valence-electron chi connectivity index (χ1n) is 10.8. The second-order valence-electron chi connectivity index (χ2n) is 8.09.